The summed E-state index contributed by atoms with van der Waals surface area (Å²) in [5.41, 5.74) is -1.07. The van der Waals surface area contributed by atoms with Crippen LogP contribution in [0.4, 0.5) is 26.3 Å². The second-order valence-electron chi connectivity index (χ2n) is 8.32. The third-order valence-electron chi connectivity index (χ3n) is 6.07. The van der Waals surface area contributed by atoms with Crippen LogP contribution >= 0.6 is 0 Å². The molecule has 10 heteroatoms. The second kappa shape index (κ2) is 6.02. The zero-order chi connectivity index (χ0) is 19.4. The zero-order valence-electron chi connectivity index (χ0n) is 13.9. The quantitative estimate of drug-likeness (QED) is 0.730. The number of hydrogen-bond donors (Lipinski definition) is 2. The molecule has 0 heterocycles. The molecular formula is C16H20F6N2O2. The predicted octanol–water partition coefficient (Wildman–Crippen LogP) is 2.93. The molecule has 0 radical (unpaired) electrons. The Hall–Kier alpha value is -1.48. The lowest BCUT2D eigenvalue weighted by molar-refractivity contribution is -0.177. The molecule has 148 valence electrons. The normalized spacial score (nSPS) is 36.1. The van der Waals surface area contributed by atoms with Crippen LogP contribution in [0.3, 0.4) is 0 Å². The summed E-state index contributed by atoms with van der Waals surface area (Å²) in [5, 5.41) is 3.91. The molecular weight excluding hydrogens is 366 g/mol. The average molecular weight is 386 g/mol. The first-order chi connectivity index (χ1) is 11.8. The maximum absolute atomic E-state index is 12.4. The van der Waals surface area contributed by atoms with E-state index in [9.17, 15) is 35.9 Å². The fourth-order valence-corrected chi connectivity index (χ4v) is 5.80. The van der Waals surface area contributed by atoms with Crippen LogP contribution in [0.25, 0.3) is 0 Å². The smallest absolute Gasteiger partial charge is 0.348 e. The van der Waals surface area contributed by atoms with Gasteiger partial charge in [0.25, 0.3) is 0 Å². The molecule has 2 N–H and O–H groups in total. The van der Waals surface area contributed by atoms with Gasteiger partial charge in [0.2, 0.25) is 0 Å². The molecule has 0 unspecified atom stereocenters. The van der Waals surface area contributed by atoms with Gasteiger partial charge in [-0.3, -0.25) is 9.59 Å². The first-order valence-corrected chi connectivity index (χ1v) is 8.53. The van der Waals surface area contributed by atoms with E-state index in [1.54, 1.807) is 0 Å². The van der Waals surface area contributed by atoms with E-state index >= 15 is 0 Å². The van der Waals surface area contributed by atoms with Gasteiger partial charge in [0.1, 0.15) is 0 Å². The summed E-state index contributed by atoms with van der Waals surface area (Å²) in [6, 6.07) is 0. The molecule has 4 rings (SSSR count). The lowest BCUT2D eigenvalue weighted by Crippen LogP contribution is -2.59. The van der Waals surface area contributed by atoms with Gasteiger partial charge in [-0.15, -0.1) is 0 Å². The standard InChI is InChI=1S/C16H20F6N2O2/c17-15(18,19)11(25)23-7-13-2-9-1-10(4-13)5-14(3-9,6-13)8-24-12(26)16(20,21)22/h9-10H,1-8H2,(H,23,25)(H,24,26). The molecule has 4 nitrogen and oxygen atoms in total. The SMILES string of the molecule is O=C(NCC12CC3CC(C1)CC(CNC(=O)C(F)(F)F)(C3)C2)C(F)(F)F. The van der Waals surface area contributed by atoms with Crippen LogP contribution in [0.5, 0.6) is 0 Å². The van der Waals surface area contributed by atoms with Crippen molar-refractivity contribution in [3.63, 3.8) is 0 Å². The van der Waals surface area contributed by atoms with Crippen molar-refractivity contribution < 1.29 is 35.9 Å². The molecule has 0 atom stereocenters. The van der Waals surface area contributed by atoms with Gasteiger partial charge in [0.15, 0.2) is 0 Å². The van der Waals surface area contributed by atoms with Crippen LogP contribution < -0.4 is 10.6 Å². The molecule has 4 aliphatic rings. The fraction of sp³-hybridized carbons (Fsp3) is 0.875. The van der Waals surface area contributed by atoms with E-state index in [4.69, 9.17) is 0 Å². The van der Waals surface area contributed by atoms with E-state index < -0.39 is 35.0 Å². The minimum absolute atomic E-state index is 0.132. The topological polar surface area (TPSA) is 58.2 Å². The number of alkyl halides is 6. The molecule has 4 bridgehead atoms. The Kier molecular flexibility index (Phi) is 4.46. The molecule has 0 spiro atoms. The van der Waals surface area contributed by atoms with Crippen molar-refractivity contribution in [1.29, 1.82) is 0 Å². The highest BCUT2D eigenvalue weighted by molar-refractivity contribution is 5.82. The number of carbonyl (C=O) groups is 2. The Morgan fingerprint density at radius 1 is 0.769 bits per heavy atom. The highest BCUT2D eigenvalue weighted by Gasteiger charge is 2.58. The summed E-state index contributed by atoms with van der Waals surface area (Å²) in [4.78, 5) is 22.3. The van der Waals surface area contributed by atoms with Crippen LogP contribution in [0, 0.1) is 22.7 Å². The zero-order valence-corrected chi connectivity index (χ0v) is 13.9. The Bertz CT molecular complexity index is 539. The first-order valence-electron chi connectivity index (χ1n) is 8.53. The van der Waals surface area contributed by atoms with Crippen LogP contribution in [-0.4, -0.2) is 37.3 Å². The van der Waals surface area contributed by atoms with Crippen molar-refractivity contribution in [3.8, 4) is 0 Å². The van der Waals surface area contributed by atoms with Gasteiger partial charge < -0.3 is 10.6 Å². The highest BCUT2D eigenvalue weighted by Crippen LogP contribution is 2.64. The number of halogens is 6. The Morgan fingerprint density at radius 3 is 1.42 bits per heavy atom. The molecule has 0 aliphatic heterocycles. The van der Waals surface area contributed by atoms with E-state index in [0.29, 0.717) is 32.1 Å². The minimum atomic E-state index is -4.96. The van der Waals surface area contributed by atoms with Crippen molar-refractivity contribution in [3.05, 3.63) is 0 Å². The van der Waals surface area contributed by atoms with E-state index in [0.717, 1.165) is 6.42 Å². The summed E-state index contributed by atoms with van der Waals surface area (Å²) >= 11 is 0. The molecule has 2 amide bonds. The molecule has 26 heavy (non-hydrogen) atoms. The monoisotopic (exact) mass is 386 g/mol. The number of amides is 2. The predicted molar refractivity (Wildman–Crippen MR) is 77.7 cm³/mol. The van der Waals surface area contributed by atoms with E-state index in [-0.39, 0.29) is 24.9 Å². The molecule has 0 aromatic heterocycles. The van der Waals surface area contributed by atoms with Gasteiger partial charge in [0.05, 0.1) is 0 Å². The van der Waals surface area contributed by atoms with E-state index in [1.165, 1.54) is 0 Å². The first kappa shape index (κ1) is 19.3. The lowest BCUT2D eigenvalue weighted by atomic mass is 9.44. The molecule has 0 saturated heterocycles. The summed E-state index contributed by atoms with van der Waals surface area (Å²) in [7, 11) is 0. The van der Waals surface area contributed by atoms with Gasteiger partial charge in [0, 0.05) is 13.1 Å². The third-order valence-corrected chi connectivity index (χ3v) is 6.07. The molecule has 0 aromatic carbocycles. The van der Waals surface area contributed by atoms with Crippen molar-refractivity contribution >= 4 is 11.8 Å². The van der Waals surface area contributed by atoms with Gasteiger partial charge in [-0.1, -0.05) is 0 Å². The van der Waals surface area contributed by atoms with Gasteiger partial charge >= 0.3 is 24.2 Å². The third kappa shape index (κ3) is 3.78. The number of hydrogen-bond acceptors (Lipinski definition) is 2. The minimum Gasteiger partial charge on any atom is -0.348 e. The summed E-state index contributed by atoms with van der Waals surface area (Å²) in [5.74, 6) is -3.57. The van der Waals surface area contributed by atoms with Crippen molar-refractivity contribution in [2.75, 3.05) is 13.1 Å². The maximum Gasteiger partial charge on any atom is 0.471 e. The largest absolute Gasteiger partial charge is 0.471 e. The Morgan fingerprint density at radius 2 is 1.12 bits per heavy atom. The van der Waals surface area contributed by atoms with E-state index in [2.05, 4.69) is 0 Å². The van der Waals surface area contributed by atoms with Crippen LogP contribution in [0.2, 0.25) is 0 Å². The van der Waals surface area contributed by atoms with Crippen LogP contribution in [0.1, 0.15) is 38.5 Å². The van der Waals surface area contributed by atoms with Crippen LogP contribution in [0.15, 0.2) is 0 Å². The number of rotatable bonds is 4. The average Bonchev–Trinajstić information content (AvgIpc) is 2.47. The van der Waals surface area contributed by atoms with Crippen LogP contribution in [-0.2, 0) is 9.59 Å². The fourth-order valence-electron chi connectivity index (χ4n) is 5.80. The van der Waals surface area contributed by atoms with Gasteiger partial charge in [-0.05, 0) is 61.2 Å². The van der Waals surface area contributed by atoms with Crippen molar-refractivity contribution in [2.45, 2.75) is 50.9 Å². The Balaban J connectivity index is 1.68. The lowest BCUT2D eigenvalue weighted by Gasteiger charge is -2.62. The summed E-state index contributed by atoms with van der Waals surface area (Å²) in [6.45, 7) is -0.263. The molecule has 4 fully saturated rings. The molecule has 4 saturated carbocycles. The molecule has 4 aliphatic carbocycles. The maximum atomic E-state index is 12.4. The van der Waals surface area contributed by atoms with Crippen molar-refractivity contribution in [2.24, 2.45) is 22.7 Å². The van der Waals surface area contributed by atoms with Crippen molar-refractivity contribution in [1.82, 2.24) is 10.6 Å². The van der Waals surface area contributed by atoms with Gasteiger partial charge in [-0.25, -0.2) is 0 Å². The van der Waals surface area contributed by atoms with E-state index in [1.807, 2.05) is 10.6 Å². The Labute approximate surface area is 146 Å². The molecule has 0 aromatic rings. The highest BCUT2D eigenvalue weighted by atomic mass is 19.4. The summed E-state index contributed by atoms with van der Waals surface area (Å²) < 4.78 is 74.6. The van der Waals surface area contributed by atoms with Gasteiger partial charge in [-0.2, -0.15) is 26.3 Å². The number of nitrogens with one attached hydrogen (secondary N) is 2. The second-order valence-corrected chi connectivity index (χ2v) is 8.32. The number of carbonyl (C=O) groups excluding carboxylic acids is 2. The summed E-state index contributed by atoms with van der Waals surface area (Å²) in [6.07, 6.45) is -5.94.